The van der Waals surface area contributed by atoms with Gasteiger partial charge in [0.05, 0.1) is 4.70 Å². The molecule has 0 unspecified atom stereocenters. The average molecular weight is 332 g/mol. The molecule has 0 fully saturated rings. The molecule has 118 valence electrons. The van der Waals surface area contributed by atoms with Crippen molar-refractivity contribution in [2.45, 2.75) is 0 Å². The van der Waals surface area contributed by atoms with E-state index in [2.05, 4.69) is 10.6 Å². The van der Waals surface area contributed by atoms with Crippen LogP contribution < -0.4 is 20.3 Å². The summed E-state index contributed by atoms with van der Waals surface area (Å²) in [7, 11) is 1.45. The van der Waals surface area contributed by atoms with Crippen LogP contribution in [0, 0.1) is 0 Å². The van der Waals surface area contributed by atoms with Crippen LogP contribution in [-0.2, 0) is 4.79 Å². The summed E-state index contributed by atoms with van der Waals surface area (Å²) in [6.45, 7) is -0.270. The molecule has 8 heteroatoms. The molecule has 3 aromatic rings. The fourth-order valence-electron chi connectivity index (χ4n) is 2.15. The Balaban J connectivity index is 1.97. The van der Waals surface area contributed by atoms with Crippen LogP contribution in [0.5, 0.6) is 5.75 Å². The van der Waals surface area contributed by atoms with Crippen LogP contribution in [0.25, 0.3) is 21.1 Å². The van der Waals surface area contributed by atoms with E-state index in [1.165, 1.54) is 7.05 Å². The summed E-state index contributed by atoms with van der Waals surface area (Å²) in [5.41, 5.74) is 0.471. The fraction of sp³-hybridized carbons (Fsp3) is 0.133. The van der Waals surface area contributed by atoms with Crippen LogP contribution in [0.1, 0.15) is 0 Å². The van der Waals surface area contributed by atoms with Gasteiger partial charge in [-0.2, -0.15) is 0 Å². The van der Waals surface area contributed by atoms with Crippen molar-refractivity contribution in [3.05, 3.63) is 40.1 Å². The van der Waals surface area contributed by atoms with Gasteiger partial charge < -0.3 is 19.8 Å². The number of carbonyl (C=O) groups excluding carboxylic acids is 2. The predicted octanol–water partition coefficient (Wildman–Crippen LogP) is 1.84. The summed E-state index contributed by atoms with van der Waals surface area (Å²) in [6.07, 6.45) is 0. The van der Waals surface area contributed by atoms with Crippen LogP contribution in [0.2, 0.25) is 0 Å². The molecule has 0 saturated carbocycles. The van der Waals surface area contributed by atoms with Crippen molar-refractivity contribution >= 4 is 44.4 Å². The van der Waals surface area contributed by atoms with E-state index < -0.39 is 16.9 Å². The molecule has 2 aromatic carbocycles. The zero-order valence-corrected chi connectivity index (χ0v) is 12.9. The molecule has 2 N–H and O–H groups in total. The number of esters is 1. The van der Waals surface area contributed by atoms with Gasteiger partial charge >= 0.3 is 16.9 Å². The summed E-state index contributed by atoms with van der Waals surface area (Å²) < 4.78 is 11.1. The Morgan fingerprint density at radius 2 is 2.00 bits per heavy atom. The maximum Gasteiger partial charge on any atom is 0.396 e. The Kier molecular flexibility index (Phi) is 3.98. The molecular formula is C15H12N2O5S. The van der Waals surface area contributed by atoms with E-state index in [-0.39, 0.29) is 6.54 Å². The van der Waals surface area contributed by atoms with Crippen LogP contribution in [0.3, 0.4) is 0 Å². The molecule has 0 saturated heterocycles. The smallest absolute Gasteiger partial charge is 0.396 e. The van der Waals surface area contributed by atoms with Crippen molar-refractivity contribution in [2.24, 2.45) is 0 Å². The molecule has 1 aromatic heterocycles. The predicted molar refractivity (Wildman–Crippen MR) is 86.0 cm³/mol. The topological polar surface area (TPSA) is 97.6 Å². The molecule has 3 rings (SSSR count). The number of rotatable bonds is 3. The lowest BCUT2D eigenvalue weighted by molar-refractivity contribution is -0.133. The van der Waals surface area contributed by atoms with Gasteiger partial charge in [-0.15, -0.1) is 0 Å². The minimum absolute atomic E-state index is 0.270. The fourth-order valence-corrected chi connectivity index (χ4v) is 2.86. The number of fused-ring (bicyclic) bond motifs is 3. The third-order valence-corrected chi connectivity index (χ3v) is 3.92. The van der Waals surface area contributed by atoms with Crippen molar-refractivity contribution < 1.29 is 18.7 Å². The Morgan fingerprint density at radius 1 is 1.26 bits per heavy atom. The van der Waals surface area contributed by atoms with E-state index in [9.17, 15) is 14.4 Å². The van der Waals surface area contributed by atoms with Gasteiger partial charge in [-0.05, 0) is 0 Å². The Morgan fingerprint density at radius 3 is 2.74 bits per heavy atom. The molecule has 0 radical (unpaired) electrons. The SMILES string of the molecule is CNC(=O)NCC(=O)Oc1cc2sc(=O)oc2c2ccccc12. The molecule has 0 aliphatic heterocycles. The summed E-state index contributed by atoms with van der Waals surface area (Å²) in [4.78, 5) is 34.0. The van der Waals surface area contributed by atoms with Crippen LogP contribution in [0.15, 0.2) is 39.5 Å². The van der Waals surface area contributed by atoms with Crippen molar-refractivity contribution in [2.75, 3.05) is 13.6 Å². The normalized spacial score (nSPS) is 10.7. The third kappa shape index (κ3) is 3.02. The molecule has 1 heterocycles. The molecule has 7 nitrogen and oxygen atoms in total. The lowest BCUT2D eigenvalue weighted by Gasteiger charge is -2.09. The molecule has 0 aliphatic rings. The zero-order valence-electron chi connectivity index (χ0n) is 12.0. The van der Waals surface area contributed by atoms with Gasteiger partial charge in [0.1, 0.15) is 12.3 Å². The number of nitrogens with one attached hydrogen (secondary N) is 2. The molecule has 0 spiro atoms. The van der Waals surface area contributed by atoms with E-state index in [1.807, 2.05) is 0 Å². The first-order valence-corrected chi connectivity index (χ1v) is 7.52. The first kappa shape index (κ1) is 15.0. The second kappa shape index (κ2) is 6.09. The summed E-state index contributed by atoms with van der Waals surface area (Å²) in [5.74, 6) is -0.303. The zero-order chi connectivity index (χ0) is 16.4. The second-order valence-electron chi connectivity index (χ2n) is 4.61. The first-order valence-electron chi connectivity index (χ1n) is 6.70. The van der Waals surface area contributed by atoms with Crippen LogP contribution >= 0.6 is 11.3 Å². The van der Waals surface area contributed by atoms with Gasteiger partial charge in [-0.3, -0.25) is 0 Å². The highest BCUT2D eigenvalue weighted by molar-refractivity contribution is 7.16. The van der Waals surface area contributed by atoms with Crippen molar-refractivity contribution in [3.63, 3.8) is 0 Å². The van der Waals surface area contributed by atoms with Crippen molar-refractivity contribution in [1.82, 2.24) is 10.6 Å². The lowest BCUT2D eigenvalue weighted by atomic mass is 10.1. The van der Waals surface area contributed by atoms with Gasteiger partial charge in [0, 0.05) is 23.9 Å². The second-order valence-corrected chi connectivity index (χ2v) is 5.59. The van der Waals surface area contributed by atoms with Crippen LogP contribution in [0.4, 0.5) is 4.79 Å². The lowest BCUT2D eigenvalue weighted by Crippen LogP contribution is -2.37. The largest absolute Gasteiger partial charge is 0.425 e. The molecule has 2 amide bonds. The average Bonchev–Trinajstić information content (AvgIpc) is 2.93. The van der Waals surface area contributed by atoms with Gasteiger partial charge in [-0.25, -0.2) is 14.4 Å². The number of hydrogen-bond donors (Lipinski definition) is 2. The number of amides is 2. The number of urea groups is 1. The monoisotopic (exact) mass is 332 g/mol. The standard InChI is InChI=1S/C15H12N2O5S/c1-16-14(19)17-7-12(18)21-10-6-11-13(22-15(20)23-11)9-5-3-2-4-8(9)10/h2-6H,7H2,1H3,(H2,16,17,19). The highest BCUT2D eigenvalue weighted by Crippen LogP contribution is 2.34. The van der Waals surface area contributed by atoms with E-state index in [1.54, 1.807) is 30.3 Å². The van der Waals surface area contributed by atoms with Crippen LogP contribution in [-0.4, -0.2) is 25.6 Å². The van der Waals surface area contributed by atoms with E-state index in [0.717, 1.165) is 11.3 Å². The number of hydrogen-bond acceptors (Lipinski definition) is 6. The first-order chi connectivity index (χ1) is 11.1. The van der Waals surface area contributed by atoms with E-state index in [4.69, 9.17) is 9.15 Å². The Hall–Kier alpha value is -2.87. The van der Waals surface area contributed by atoms with E-state index >= 15 is 0 Å². The summed E-state index contributed by atoms with van der Waals surface area (Å²) in [6, 6.07) is 8.26. The van der Waals surface area contributed by atoms with E-state index in [0.29, 0.717) is 26.8 Å². The maximum atomic E-state index is 11.9. The van der Waals surface area contributed by atoms with Gasteiger partial charge in [0.15, 0.2) is 5.58 Å². The van der Waals surface area contributed by atoms with Gasteiger partial charge in [-0.1, -0.05) is 35.6 Å². The maximum absolute atomic E-state index is 11.9. The van der Waals surface area contributed by atoms with Crippen molar-refractivity contribution in [3.8, 4) is 5.75 Å². The quantitative estimate of drug-likeness (QED) is 0.563. The highest BCUT2D eigenvalue weighted by atomic mass is 32.1. The Labute approximate surface area is 133 Å². The van der Waals surface area contributed by atoms with Gasteiger partial charge in [0.25, 0.3) is 0 Å². The minimum Gasteiger partial charge on any atom is -0.425 e. The molecule has 0 atom stereocenters. The van der Waals surface area contributed by atoms with Crippen molar-refractivity contribution in [1.29, 1.82) is 0 Å². The molecule has 0 bridgehead atoms. The molecule has 0 aliphatic carbocycles. The highest BCUT2D eigenvalue weighted by Gasteiger charge is 2.15. The molecular weight excluding hydrogens is 320 g/mol. The minimum atomic E-state index is -0.617. The Bertz CT molecular complexity index is 959. The third-order valence-electron chi connectivity index (χ3n) is 3.15. The number of benzene rings is 2. The number of carbonyl (C=O) groups is 2. The summed E-state index contributed by atoms with van der Waals surface area (Å²) in [5, 5.41) is 6.02. The summed E-state index contributed by atoms with van der Waals surface area (Å²) >= 11 is 0.937. The molecule has 23 heavy (non-hydrogen) atoms. The number of ether oxygens (including phenoxy) is 1. The van der Waals surface area contributed by atoms with Gasteiger partial charge in [0.2, 0.25) is 0 Å².